The Bertz CT molecular complexity index is 557. The highest BCUT2D eigenvalue weighted by Crippen LogP contribution is 2.17. The second-order valence-corrected chi connectivity index (χ2v) is 10.4. The monoisotopic (exact) mass is 400 g/mol. The first-order valence-electron chi connectivity index (χ1n) is 10.5. The molecule has 0 amide bonds. The molecule has 0 aromatic heterocycles. The van der Waals surface area contributed by atoms with E-state index in [1.165, 1.54) is 18.1 Å². The summed E-state index contributed by atoms with van der Waals surface area (Å²) in [5.74, 6) is 0.0949. The maximum atomic E-state index is 10.7. The molecule has 0 aliphatic rings. The molecule has 1 rings (SSSR count). The molecule has 1 nitrogen and oxygen atoms in total. The summed E-state index contributed by atoms with van der Waals surface area (Å²) in [5.41, 5.74) is 1.90. The maximum Gasteiger partial charge on any atom is 0.160 e. The third-order valence-electron chi connectivity index (χ3n) is 3.78. The molecule has 0 fully saturated rings. The van der Waals surface area contributed by atoms with Gasteiger partial charge >= 0.3 is 0 Å². The van der Waals surface area contributed by atoms with E-state index in [1.807, 2.05) is 63.3 Å². The highest BCUT2D eigenvalue weighted by Gasteiger charge is 2.16. The Morgan fingerprint density at radius 1 is 0.828 bits per heavy atom. The highest BCUT2D eigenvalue weighted by atomic mass is 16.1. The fourth-order valence-electron chi connectivity index (χ4n) is 1.33. The largest absolute Gasteiger partial charge is 0.294 e. The van der Waals surface area contributed by atoms with Gasteiger partial charge in [0, 0.05) is 5.41 Å². The zero-order valence-corrected chi connectivity index (χ0v) is 21.1. The number of hydrogen-bond acceptors (Lipinski definition) is 1. The second kappa shape index (κ2) is 16.0. The summed E-state index contributed by atoms with van der Waals surface area (Å²) >= 11 is 0. The molecular weight excluding hydrogens is 352 g/mol. The van der Waals surface area contributed by atoms with E-state index in [1.54, 1.807) is 0 Å². The van der Waals surface area contributed by atoms with E-state index in [2.05, 4.69) is 68.2 Å². The minimum absolute atomic E-state index is 0.0949. The molecule has 0 spiro atoms. The first kappa shape index (κ1) is 31.8. The molecule has 29 heavy (non-hydrogen) atoms. The first-order valence-corrected chi connectivity index (χ1v) is 10.5. The number of carbonyl (C=O) groups excluding carboxylic acids is 1. The van der Waals surface area contributed by atoms with Crippen LogP contribution < -0.4 is 0 Å². The predicted octanol–water partition coefficient (Wildman–Crippen LogP) is 9.17. The van der Waals surface area contributed by atoms with Crippen molar-refractivity contribution in [2.45, 2.75) is 82.1 Å². The van der Waals surface area contributed by atoms with Crippen LogP contribution in [0.25, 0.3) is 6.08 Å². The van der Waals surface area contributed by atoms with Crippen LogP contribution >= 0.6 is 0 Å². The first-order chi connectivity index (χ1) is 13.0. The van der Waals surface area contributed by atoms with Crippen LogP contribution in [0, 0.1) is 16.2 Å². The van der Waals surface area contributed by atoms with Gasteiger partial charge in [-0.15, -0.1) is 6.58 Å². The average Bonchev–Trinajstić information content (AvgIpc) is 2.61. The van der Waals surface area contributed by atoms with Gasteiger partial charge in [-0.2, -0.15) is 0 Å². The van der Waals surface area contributed by atoms with Crippen molar-refractivity contribution in [2.24, 2.45) is 16.2 Å². The van der Waals surface area contributed by atoms with E-state index in [-0.39, 0.29) is 11.2 Å². The molecule has 0 bridgehead atoms. The molecule has 0 aliphatic heterocycles. The Morgan fingerprint density at radius 3 is 1.34 bits per heavy atom. The molecule has 1 aromatic carbocycles. The lowest BCUT2D eigenvalue weighted by Crippen LogP contribution is -2.16. The molecule has 0 radical (unpaired) electrons. The van der Waals surface area contributed by atoms with Crippen LogP contribution in [0.4, 0.5) is 0 Å². The summed E-state index contributed by atoms with van der Waals surface area (Å²) < 4.78 is 0. The molecular formula is C28H48O. The zero-order valence-electron chi connectivity index (χ0n) is 21.1. The number of ketones is 1. The number of hydrogen-bond donors (Lipinski definition) is 0. The quantitative estimate of drug-likeness (QED) is 0.365. The van der Waals surface area contributed by atoms with Gasteiger partial charge in [-0.1, -0.05) is 131 Å². The minimum atomic E-state index is -0.248. The molecule has 0 saturated heterocycles. The van der Waals surface area contributed by atoms with E-state index in [0.717, 1.165) is 6.42 Å². The van der Waals surface area contributed by atoms with Crippen molar-refractivity contribution < 1.29 is 4.79 Å². The fourth-order valence-corrected chi connectivity index (χ4v) is 1.33. The number of allylic oxidation sites excluding steroid dienone is 2. The summed E-state index contributed by atoms with van der Waals surface area (Å²) in [6.07, 6.45) is 7.53. The summed E-state index contributed by atoms with van der Waals surface area (Å²) in [5, 5.41) is 0. The third-order valence-corrected chi connectivity index (χ3v) is 3.78. The van der Waals surface area contributed by atoms with Crippen LogP contribution in [-0.2, 0) is 4.79 Å². The van der Waals surface area contributed by atoms with Crippen molar-refractivity contribution in [1.29, 1.82) is 0 Å². The summed E-state index contributed by atoms with van der Waals surface area (Å²) in [6, 6.07) is 10.0. The topological polar surface area (TPSA) is 17.1 Å². The number of rotatable bonds is 3. The van der Waals surface area contributed by atoms with Gasteiger partial charge in [0.25, 0.3) is 0 Å². The zero-order chi connectivity index (χ0) is 23.7. The van der Waals surface area contributed by atoms with Crippen LogP contribution in [0.1, 0.15) is 87.6 Å². The van der Waals surface area contributed by atoms with E-state index in [4.69, 9.17) is 0 Å². The summed E-state index contributed by atoms with van der Waals surface area (Å²) in [4.78, 5) is 10.7. The van der Waals surface area contributed by atoms with Gasteiger partial charge in [0.15, 0.2) is 5.78 Å². The minimum Gasteiger partial charge on any atom is -0.294 e. The standard InChI is InChI=1S/C8H8.C7H12O.C7H14.C6H14/c1-2-8-6-4-3-5-7-8;1-5-6(8)7(2,3)4;1-5-6-7(2,3)4;1-5-6(2,3)4/h2-7H,1H2;5H,1H2,2-4H3;5H,1,6H2,2-4H3;5H2,1-4H3. The lowest BCUT2D eigenvalue weighted by atomic mass is 9.91. The molecule has 0 unspecified atom stereocenters. The molecule has 1 heteroatoms. The van der Waals surface area contributed by atoms with Crippen LogP contribution in [0.3, 0.4) is 0 Å². The van der Waals surface area contributed by atoms with Gasteiger partial charge < -0.3 is 0 Å². The molecule has 0 N–H and O–H groups in total. The maximum absolute atomic E-state index is 10.7. The van der Waals surface area contributed by atoms with Gasteiger partial charge in [-0.05, 0) is 28.9 Å². The smallest absolute Gasteiger partial charge is 0.160 e. The van der Waals surface area contributed by atoms with Crippen molar-refractivity contribution >= 4 is 11.9 Å². The van der Waals surface area contributed by atoms with Crippen LogP contribution in [0.15, 0.2) is 62.2 Å². The second-order valence-electron chi connectivity index (χ2n) is 10.4. The molecule has 0 heterocycles. The Hall–Kier alpha value is -1.89. The highest BCUT2D eigenvalue weighted by molar-refractivity contribution is 5.93. The van der Waals surface area contributed by atoms with Gasteiger partial charge in [-0.3, -0.25) is 4.79 Å². The number of carbonyl (C=O) groups is 1. The Morgan fingerprint density at radius 2 is 1.24 bits per heavy atom. The molecule has 166 valence electrons. The Balaban J connectivity index is -0.000000313. The van der Waals surface area contributed by atoms with Crippen molar-refractivity contribution in [2.75, 3.05) is 0 Å². The summed E-state index contributed by atoms with van der Waals surface area (Å²) in [7, 11) is 0. The van der Waals surface area contributed by atoms with Gasteiger partial charge in [0.2, 0.25) is 0 Å². The van der Waals surface area contributed by atoms with Crippen molar-refractivity contribution in [3.05, 3.63) is 67.8 Å². The Kier molecular flexibility index (Phi) is 17.5. The van der Waals surface area contributed by atoms with E-state index in [0.29, 0.717) is 10.8 Å². The van der Waals surface area contributed by atoms with Crippen molar-refractivity contribution in [3.63, 3.8) is 0 Å². The van der Waals surface area contributed by atoms with Crippen molar-refractivity contribution in [1.82, 2.24) is 0 Å². The van der Waals surface area contributed by atoms with E-state index in [9.17, 15) is 4.79 Å². The average molecular weight is 401 g/mol. The molecule has 1 aromatic rings. The predicted molar refractivity (Wildman–Crippen MR) is 135 cm³/mol. The Labute approximate surface area is 183 Å². The van der Waals surface area contributed by atoms with E-state index < -0.39 is 0 Å². The van der Waals surface area contributed by atoms with Gasteiger partial charge in [0.1, 0.15) is 0 Å². The fraction of sp³-hybridized carbons (Fsp3) is 0.536. The molecule has 0 saturated carbocycles. The lowest BCUT2D eigenvalue weighted by molar-refractivity contribution is -0.121. The number of benzene rings is 1. The van der Waals surface area contributed by atoms with Crippen LogP contribution in [0.5, 0.6) is 0 Å². The van der Waals surface area contributed by atoms with Gasteiger partial charge in [0.05, 0.1) is 0 Å². The van der Waals surface area contributed by atoms with Crippen LogP contribution in [0.2, 0.25) is 0 Å². The van der Waals surface area contributed by atoms with Crippen molar-refractivity contribution in [3.8, 4) is 0 Å². The third kappa shape index (κ3) is 28.4. The molecule has 0 atom stereocenters. The SMILES string of the molecule is C=CC(=O)C(C)(C)C.C=CCC(C)(C)C.C=Cc1ccccc1.CCC(C)(C)C. The lowest BCUT2D eigenvalue weighted by Gasteiger charge is -2.13. The van der Waals surface area contributed by atoms with Gasteiger partial charge in [-0.25, -0.2) is 0 Å². The normalized spacial score (nSPS) is 10.6. The summed E-state index contributed by atoms with van der Waals surface area (Å²) in [6.45, 7) is 31.8. The molecule has 0 aliphatic carbocycles. The van der Waals surface area contributed by atoms with E-state index >= 15 is 0 Å². The van der Waals surface area contributed by atoms with Crippen LogP contribution in [-0.4, -0.2) is 5.78 Å².